The Balaban J connectivity index is 1.88. The number of carbonyl (C=O) groups excluding carboxylic acids is 2. The smallest absolute Gasteiger partial charge is 0.287 e. The van der Waals surface area contributed by atoms with Crippen molar-refractivity contribution in [1.29, 1.82) is 0 Å². The first-order valence-electron chi connectivity index (χ1n) is 9.65. The number of amides is 2. The lowest BCUT2D eigenvalue weighted by molar-refractivity contribution is 0.0942. The standard InChI is InChI=1S/C22H26N4O2/c1-4-5-7-12-23-22(28)20-25-19(18-9-6-8-13-26(18)20)21(27)24-17-14-15(2)10-11-16(17)3/h6,8-11,13-14H,4-5,7,12H2,1-3H3,(H,23,28)(H,24,27). The molecule has 0 radical (unpaired) electrons. The summed E-state index contributed by atoms with van der Waals surface area (Å²) in [5.74, 6) is -0.385. The van der Waals surface area contributed by atoms with Crippen molar-refractivity contribution in [3.05, 3.63) is 65.2 Å². The Bertz CT molecular complexity index is 1010. The zero-order chi connectivity index (χ0) is 20.1. The Morgan fingerprint density at radius 2 is 1.89 bits per heavy atom. The predicted octanol–water partition coefficient (Wildman–Crippen LogP) is 4.12. The topological polar surface area (TPSA) is 75.5 Å². The molecule has 146 valence electrons. The van der Waals surface area contributed by atoms with Crippen molar-refractivity contribution in [2.75, 3.05) is 11.9 Å². The number of anilines is 1. The highest BCUT2D eigenvalue weighted by atomic mass is 16.2. The first-order chi connectivity index (χ1) is 13.5. The van der Waals surface area contributed by atoms with E-state index in [9.17, 15) is 9.59 Å². The van der Waals surface area contributed by atoms with Crippen LogP contribution in [0.4, 0.5) is 5.69 Å². The van der Waals surface area contributed by atoms with Crippen LogP contribution in [0.15, 0.2) is 42.6 Å². The van der Waals surface area contributed by atoms with Gasteiger partial charge < -0.3 is 10.6 Å². The summed E-state index contributed by atoms with van der Waals surface area (Å²) in [5.41, 5.74) is 3.61. The Morgan fingerprint density at radius 3 is 2.68 bits per heavy atom. The Labute approximate surface area is 165 Å². The number of aryl methyl sites for hydroxylation is 2. The number of hydrogen-bond donors (Lipinski definition) is 2. The maximum atomic E-state index is 12.9. The van der Waals surface area contributed by atoms with Gasteiger partial charge in [0.2, 0.25) is 5.82 Å². The van der Waals surface area contributed by atoms with Crippen LogP contribution in [-0.2, 0) is 0 Å². The van der Waals surface area contributed by atoms with Crippen LogP contribution in [0.5, 0.6) is 0 Å². The van der Waals surface area contributed by atoms with Crippen molar-refractivity contribution in [3.8, 4) is 0 Å². The molecule has 6 heteroatoms. The maximum absolute atomic E-state index is 12.9. The van der Waals surface area contributed by atoms with Gasteiger partial charge in [-0.05, 0) is 49.6 Å². The minimum absolute atomic E-state index is 0.221. The summed E-state index contributed by atoms with van der Waals surface area (Å²) in [6.07, 6.45) is 4.82. The summed E-state index contributed by atoms with van der Waals surface area (Å²) < 4.78 is 1.66. The number of benzene rings is 1. The lowest BCUT2D eigenvalue weighted by Crippen LogP contribution is -2.26. The molecule has 0 aliphatic rings. The Hall–Kier alpha value is -3.15. The average Bonchev–Trinajstić information content (AvgIpc) is 3.08. The third-order valence-electron chi connectivity index (χ3n) is 4.67. The van der Waals surface area contributed by atoms with E-state index in [0.717, 1.165) is 36.1 Å². The van der Waals surface area contributed by atoms with Gasteiger partial charge >= 0.3 is 0 Å². The molecule has 1 aromatic carbocycles. The maximum Gasteiger partial charge on any atom is 0.287 e. The Morgan fingerprint density at radius 1 is 1.07 bits per heavy atom. The van der Waals surface area contributed by atoms with E-state index in [1.807, 2.05) is 44.2 Å². The number of imidazole rings is 1. The Kier molecular flexibility index (Phi) is 6.09. The zero-order valence-electron chi connectivity index (χ0n) is 16.6. The second-order valence-corrected chi connectivity index (χ2v) is 6.98. The predicted molar refractivity (Wildman–Crippen MR) is 111 cm³/mol. The lowest BCUT2D eigenvalue weighted by Gasteiger charge is -2.08. The number of rotatable bonds is 7. The number of carbonyl (C=O) groups is 2. The van der Waals surface area contributed by atoms with Crippen molar-refractivity contribution >= 4 is 23.0 Å². The highest BCUT2D eigenvalue weighted by Crippen LogP contribution is 2.19. The van der Waals surface area contributed by atoms with Gasteiger partial charge in [0.05, 0.1) is 5.52 Å². The van der Waals surface area contributed by atoms with E-state index in [1.165, 1.54) is 0 Å². The van der Waals surface area contributed by atoms with Gasteiger partial charge in [-0.25, -0.2) is 4.98 Å². The molecule has 2 aromatic heterocycles. The molecular weight excluding hydrogens is 352 g/mol. The van der Waals surface area contributed by atoms with E-state index in [-0.39, 0.29) is 23.3 Å². The van der Waals surface area contributed by atoms with Gasteiger partial charge in [0.25, 0.3) is 11.8 Å². The van der Waals surface area contributed by atoms with Crippen molar-refractivity contribution in [2.24, 2.45) is 0 Å². The van der Waals surface area contributed by atoms with Crippen LogP contribution in [-0.4, -0.2) is 27.7 Å². The van der Waals surface area contributed by atoms with Crippen LogP contribution in [0.2, 0.25) is 0 Å². The van der Waals surface area contributed by atoms with E-state index in [1.54, 1.807) is 16.7 Å². The monoisotopic (exact) mass is 378 g/mol. The number of pyridine rings is 1. The molecule has 0 saturated heterocycles. The summed E-state index contributed by atoms with van der Waals surface area (Å²) in [5, 5.41) is 5.82. The third kappa shape index (κ3) is 4.22. The summed E-state index contributed by atoms with van der Waals surface area (Å²) >= 11 is 0. The highest BCUT2D eigenvalue weighted by molar-refractivity contribution is 6.09. The molecule has 0 aliphatic carbocycles. The van der Waals surface area contributed by atoms with Crippen LogP contribution < -0.4 is 10.6 Å². The SMILES string of the molecule is CCCCCNC(=O)c1nc(C(=O)Nc2cc(C)ccc2C)c2ccccn12. The minimum Gasteiger partial charge on any atom is -0.349 e. The van der Waals surface area contributed by atoms with Gasteiger partial charge in [0.1, 0.15) is 0 Å². The highest BCUT2D eigenvalue weighted by Gasteiger charge is 2.21. The molecule has 0 aliphatic heterocycles. The van der Waals surface area contributed by atoms with Gasteiger partial charge in [0, 0.05) is 18.4 Å². The fourth-order valence-electron chi connectivity index (χ4n) is 3.07. The number of aromatic nitrogens is 2. The summed E-state index contributed by atoms with van der Waals surface area (Å²) in [6, 6.07) is 11.3. The van der Waals surface area contributed by atoms with Crippen molar-refractivity contribution in [2.45, 2.75) is 40.0 Å². The van der Waals surface area contributed by atoms with Crippen molar-refractivity contribution in [3.63, 3.8) is 0 Å². The number of nitrogens with zero attached hydrogens (tertiary/aromatic N) is 2. The molecule has 0 atom stereocenters. The molecule has 6 nitrogen and oxygen atoms in total. The zero-order valence-corrected chi connectivity index (χ0v) is 16.6. The van der Waals surface area contributed by atoms with Gasteiger partial charge in [-0.2, -0.15) is 0 Å². The molecule has 3 aromatic rings. The summed E-state index contributed by atoms with van der Waals surface area (Å²) in [6.45, 7) is 6.63. The van der Waals surface area contributed by atoms with E-state index in [4.69, 9.17) is 0 Å². The van der Waals surface area contributed by atoms with E-state index in [2.05, 4.69) is 22.5 Å². The van der Waals surface area contributed by atoms with Crippen LogP contribution in [0.3, 0.4) is 0 Å². The number of fused-ring (bicyclic) bond motifs is 1. The van der Waals surface area contributed by atoms with E-state index < -0.39 is 0 Å². The molecule has 3 rings (SSSR count). The number of hydrogen-bond acceptors (Lipinski definition) is 3. The second kappa shape index (κ2) is 8.69. The number of nitrogens with one attached hydrogen (secondary N) is 2. The molecule has 0 bridgehead atoms. The molecule has 2 heterocycles. The lowest BCUT2D eigenvalue weighted by atomic mass is 10.1. The van der Waals surface area contributed by atoms with Crippen LogP contribution in [0.25, 0.3) is 5.52 Å². The normalized spacial score (nSPS) is 10.8. The molecule has 0 spiro atoms. The fourth-order valence-corrected chi connectivity index (χ4v) is 3.07. The first kappa shape index (κ1) is 19.6. The molecule has 0 unspecified atom stereocenters. The average molecular weight is 378 g/mol. The van der Waals surface area contributed by atoms with Gasteiger partial charge in [-0.3, -0.25) is 14.0 Å². The summed E-state index contributed by atoms with van der Waals surface area (Å²) in [7, 11) is 0. The number of unbranched alkanes of at least 4 members (excludes halogenated alkanes) is 2. The quantitative estimate of drug-likeness (QED) is 0.607. The van der Waals surface area contributed by atoms with E-state index >= 15 is 0 Å². The largest absolute Gasteiger partial charge is 0.349 e. The van der Waals surface area contributed by atoms with Crippen molar-refractivity contribution in [1.82, 2.24) is 14.7 Å². The molecular formula is C22H26N4O2. The fraction of sp³-hybridized carbons (Fsp3) is 0.318. The van der Waals surface area contributed by atoms with E-state index in [0.29, 0.717) is 12.1 Å². The molecule has 2 N–H and O–H groups in total. The molecule has 2 amide bonds. The first-order valence-corrected chi connectivity index (χ1v) is 9.65. The third-order valence-corrected chi connectivity index (χ3v) is 4.67. The van der Waals surface area contributed by atoms with Gasteiger partial charge in [-0.15, -0.1) is 0 Å². The van der Waals surface area contributed by atoms with Crippen molar-refractivity contribution < 1.29 is 9.59 Å². The van der Waals surface area contributed by atoms with Gasteiger partial charge in [0.15, 0.2) is 5.69 Å². The van der Waals surface area contributed by atoms with Crippen LogP contribution in [0, 0.1) is 13.8 Å². The molecule has 0 fully saturated rings. The molecule has 28 heavy (non-hydrogen) atoms. The second-order valence-electron chi connectivity index (χ2n) is 6.98. The minimum atomic E-state index is -0.331. The summed E-state index contributed by atoms with van der Waals surface area (Å²) in [4.78, 5) is 29.9. The van der Waals surface area contributed by atoms with Crippen LogP contribution in [0.1, 0.15) is 58.4 Å². The van der Waals surface area contributed by atoms with Gasteiger partial charge in [-0.1, -0.05) is 38.0 Å². The van der Waals surface area contributed by atoms with Crippen LogP contribution >= 0.6 is 0 Å². The molecule has 0 saturated carbocycles.